The Bertz CT molecular complexity index is 493. The Morgan fingerprint density at radius 2 is 1.84 bits per heavy atom. The molecule has 1 heterocycles. The van der Waals surface area contributed by atoms with Crippen molar-refractivity contribution in [1.82, 2.24) is 0 Å². The minimum atomic E-state index is -1.79. The highest BCUT2D eigenvalue weighted by atomic mass is 16.7. The lowest BCUT2D eigenvalue weighted by molar-refractivity contribution is -0.275. The minimum Gasteiger partial charge on any atom is -0.506 e. The lowest BCUT2D eigenvalue weighted by Crippen LogP contribution is -2.49. The van der Waals surface area contributed by atoms with Gasteiger partial charge in [-0.05, 0) is 0 Å². The molecule has 10 nitrogen and oxygen atoms in total. The molecule has 8 atom stereocenters. The van der Waals surface area contributed by atoms with Gasteiger partial charge in [0.1, 0.15) is 12.2 Å². The second-order valence-electron chi connectivity index (χ2n) is 6.50. The average molecular weight is 366 g/mol. The summed E-state index contributed by atoms with van der Waals surface area (Å²) in [5.41, 5.74) is -0.799. The van der Waals surface area contributed by atoms with Crippen molar-refractivity contribution < 1.29 is 50.0 Å². The Labute approximate surface area is 144 Å². The molecule has 0 aromatic heterocycles. The predicted octanol–water partition coefficient (Wildman–Crippen LogP) is -1.88. The fourth-order valence-corrected chi connectivity index (χ4v) is 3.36. The molecule has 2 aliphatic rings. The third-order valence-corrected chi connectivity index (χ3v) is 5.11. The van der Waals surface area contributed by atoms with Gasteiger partial charge in [-0.1, -0.05) is 6.92 Å². The third-order valence-electron chi connectivity index (χ3n) is 5.11. The Morgan fingerprint density at radius 3 is 2.36 bits per heavy atom. The molecular formula is C15H26O10. The van der Waals surface area contributed by atoms with Crippen molar-refractivity contribution >= 4 is 0 Å². The van der Waals surface area contributed by atoms with E-state index in [0.717, 1.165) is 7.11 Å². The van der Waals surface area contributed by atoms with Crippen LogP contribution in [0, 0.1) is 11.3 Å². The van der Waals surface area contributed by atoms with E-state index in [1.807, 2.05) is 0 Å². The van der Waals surface area contributed by atoms with Crippen LogP contribution in [0.3, 0.4) is 0 Å². The number of aliphatic hydroxyl groups excluding tert-OH is 7. The molecule has 0 aromatic carbocycles. The molecule has 2 rings (SSSR count). The molecule has 10 heteroatoms. The van der Waals surface area contributed by atoms with E-state index in [0.29, 0.717) is 0 Å². The maximum atomic E-state index is 10.3. The van der Waals surface area contributed by atoms with Gasteiger partial charge >= 0.3 is 0 Å². The molecule has 25 heavy (non-hydrogen) atoms. The molecule has 1 saturated heterocycles. The van der Waals surface area contributed by atoms with Gasteiger partial charge in [0.2, 0.25) is 6.29 Å². The summed E-state index contributed by atoms with van der Waals surface area (Å²) < 4.78 is 15.4. The molecule has 4 unspecified atom stereocenters. The quantitative estimate of drug-likeness (QED) is 0.191. The van der Waals surface area contributed by atoms with Gasteiger partial charge < -0.3 is 50.0 Å². The van der Waals surface area contributed by atoms with E-state index in [1.165, 1.54) is 0 Å². The topological polar surface area (TPSA) is 169 Å². The maximum Gasteiger partial charge on any atom is 0.217 e. The van der Waals surface area contributed by atoms with Crippen LogP contribution in [0.25, 0.3) is 0 Å². The number of fused-ring (bicyclic) bond motifs is 1. The smallest absolute Gasteiger partial charge is 0.217 e. The number of aliphatic hydroxyl groups is 7. The first-order valence-corrected chi connectivity index (χ1v) is 7.95. The van der Waals surface area contributed by atoms with Crippen molar-refractivity contribution in [3.05, 3.63) is 11.5 Å². The van der Waals surface area contributed by atoms with Crippen molar-refractivity contribution in [2.24, 2.45) is 11.3 Å². The molecule has 146 valence electrons. The van der Waals surface area contributed by atoms with Crippen LogP contribution in [0.2, 0.25) is 0 Å². The van der Waals surface area contributed by atoms with Crippen molar-refractivity contribution in [3.8, 4) is 0 Å². The van der Waals surface area contributed by atoms with Gasteiger partial charge in [-0.25, -0.2) is 0 Å². The van der Waals surface area contributed by atoms with Gasteiger partial charge in [-0.15, -0.1) is 0 Å². The standard InChI is InChI=1S/C15H26O10/c1-15-7(5-17)25-14(10(19)8(15)12(15)21)24-6(3-4-16)9(18)11(20)13(22)23-2/h6-8,10,12-14,16-22H,3-5H2,1-2H3/b11-9-/t6-,7?,8?,10?,12?,13+,14-,15+/m1/s1. The molecule has 7 N–H and O–H groups in total. The normalized spacial score (nSPS) is 40.8. The van der Waals surface area contributed by atoms with Crippen molar-refractivity contribution in [3.63, 3.8) is 0 Å². The van der Waals surface area contributed by atoms with Gasteiger partial charge in [-0.2, -0.15) is 0 Å². The molecule has 1 saturated carbocycles. The molecule has 0 amide bonds. The van der Waals surface area contributed by atoms with Crippen molar-refractivity contribution in [2.45, 2.75) is 50.3 Å². The van der Waals surface area contributed by atoms with Crippen LogP contribution in [0.5, 0.6) is 0 Å². The SMILES string of the molecule is CO[C@H](O)/C(O)=C(/O)[C@@H](CCO)O[C@@H]1OC(CO)[C@]2(C)C(O)C2C1O. The van der Waals surface area contributed by atoms with Crippen molar-refractivity contribution in [2.75, 3.05) is 20.3 Å². The van der Waals surface area contributed by atoms with Crippen LogP contribution in [0.4, 0.5) is 0 Å². The van der Waals surface area contributed by atoms with Gasteiger partial charge in [-0.3, -0.25) is 0 Å². The second kappa shape index (κ2) is 7.72. The summed E-state index contributed by atoms with van der Waals surface area (Å²) in [6, 6.07) is 0. The monoisotopic (exact) mass is 366 g/mol. The van der Waals surface area contributed by atoms with Crippen LogP contribution in [0.1, 0.15) is 13.3 Å². The lowest BCUT2D eigenvalue weighted by atomic mass is 9.93. The minimum absolute atomic E-state index is 0.173. The highest BCUT2D eigenvalue weighted by Crippen LogP contribution is 2.61. The summed E-state index contributed by atoms with van der Waals surface area (Å²) in [5.74, 6) is -2.27. The Hall–Kier alpha value is -0.980. The molecule has 0 spiro atoms. The van der Waals surface area contributed by atoms with Gasteiger partial charge in [0.25, 0.3) is 0 Å². The van der Waals surface area contributed by atoms with E-state index in [9.17, 15) is 30.6 Å². The molecule has 0 aromatic rings. The fourth-order valence-electron chi connectivity index (χ4n) is 3.36. The van der Waals surface area contributed by atoms with Gasteiger partial charge in [0.05, 0.1) is 18.8 Å². The second-order valence-corrected chi connectivity index (χ2v) is 6.50. The van der Waals surface area contributed by atoms with E-state index < -0.39 is 73.1 Å². The summed E-state index contributed by atoms with van der Waals surface area (Å²) in [7, 11) is 1.10. The molecule has 2 fully saturated rings. The van der Waals surface area contributed by atoms with Crippen LogP contribution >= 0.6 is 0 Å². The number of ether oxygens (including phenoxy) is 3. The summed E-state index contributed by atoms with van der Waals surface area (Å²) >= 11 is 0. The maximum absolute atomic E-state index is 10.3. The van der Waals surface area contributed by atoms with E-state index in [2.05, 4.69) is 4.74 Å². The Balaban J connectivity index is 2.17. The highest BCUT2D eigenvalue weighted by Gasteiger charge is 2.72. The molecule has 1 aliphatic carbocycles. The molecular weight excluding hydrogens is 340 g/mol. The number of hydrogen-bond acceptors (Lipinski definition) is 10. The first kappa shape index (κ1) is 20.3. The number of rotatable bonds is 8. The van der Waals surface area contributed by atoms with E-state index in [1.54, 1.807) is 6.92 Å². The molecule has 0 radical (unpaired) electrons. The fraction of sp³-hybridized carbons (Fsp3) is 0.867. The van der Waals surface area contributed by atoms with E-state index in [4.69, 9.17) is 14.6 Å². The largest absolute Gasteiger partial charge is 0.506 e. The van der Waals surface area contributed by atoms with Crippen LogP contribution < -0.4 is 0 Å². The summed E-state index contributed by atoms with van der Waals surface area (Å²) in [6.07, 6.45) is -7.51. The Kier molecular flexibility index (Phi) is 6.28. The van der Waals surface area contributed by atoms with Gasteiger partial charge in [0, 0.05) is 31.5 Å². The average Bonchev–Trinajstić information content (AvgIpc) is 3.17. The van der Waals surface area contributed by atoms with Crippen molar-refractivity contribution in [1.29, 1.82) is 0 Å². The van der Waals surface area contributed by atoms with Crippen LogP contribution in [-0.4, -0.2) is 93.1 Å². The first-order chi connectivity index (χ1) is 11.7. The third kappa shape index (κ3) is 3.49. The van der Waals surface area contributed by atoms with Crippen LogP contribution in [0.15, 0.2) is 11.5 Å². The summed E-state index contributed by atoms with van der Waals surface area (Å²) in [6.45, 7) is 0.837. The zero-order valence-corrected chi connectivity index (χ0v) is 14.0. The number of methoxy groups -OCH3 is 1. The van der Waals surface area contributed by atoms with Crippen LogP contribution in [-0.2, 0) is 14.2 Å². The van der Waals surface area contributed by atoms with Gasteiger partial charge in [0.15, 0.2) is 17.8 Å². The summed E-state index contributed by atoms with van der Waals surface area (Å²) in [4.78, 5) is 0. The van der Waals surface area contributed by atoms with E-state index in [-0.39, 0.29) is 6.42 Å². The first-order valence-electron chi connectivity index (χ1n) is 7.95. The van der Waals surface area contributed by atoms with E-state index >= 15 is 0 Å². The zero-order valence-electron chi connectivity index (χ0n) is 14.0. The lowest BCUT2D eigenvalue weighted by Gasteiger charge is -2.37. The zero-order chi connectivity index (χ0) is 18.9. The highest BCUT2D eigenvalue weighted by molar-refractivity contribution is 5.18. The number of hydrogen-bond donors (Lipinski definition) is 7. The summed E-state index contributed by atoms with van der Waals surface area (Å²) in [5, 5.41) is 68.1. The molecule has 1 aliphatic heterocycles. The molecule has 0 bridgehead atoms. The predicted molar refractivity (Wildman–Crippen MR) is 81.2 cm³/mol. The Morgan fingerprint density at radius 1 is 1.20 bits per heavy atom.